The summed E-state index contributed by atoms with van der Waals surface area (Å²) >= 11 is 0. The van der Waals surface area contributed by atoms with Gasteiger partial charge < -0.3 is 4.74 Å². The normalized spacial score (nSPS) is 28.5. The standard InChI is InChI=1S/C16H12F4O2/c1-8-6-10(17)3-5-11(8)14-13-7-9(16(18,19)20)2-4-12(13)15(21)22-14/h2-6,9,14H,7H2,1H3/i9D. The molecular weight excluding hydrogens is 300 g/mol. The zero-order valence-corrected chi connectivity index (χ0v) is 11.5. The first-order chi connectivity index (χ1) is 10.6. The number of halogens is 4. The molecule has 6 heteroatoms. The molecule has 0 fully saturated rings. The van der Waals surface area contributed by atoms with E-state index in [2.05, 4.69) is 0 Å². The van der Waals surface area contributed by atoms with E-state index in [0.29, 0.717) is 17.2 Å². The molecule has 0 saturated carbocycles. The molecule has 2 nitrogen and oxygen atoms in total. The number of carbonyl (C=O) groups excluding carboxylic acids is 1. The van der Waals surface area contributed by atoms with Gasteiger partial charge in [0, 0.05) is 1.37 Å². The number of carbonyl (C=O) groups is 1. The van der Waals surface area contributed by atoms with Gasteiger partial charge in [-0.1, -0.05) is 18.2 Å². The lowest BCUT2D eigenvalue weighted by Gasteiger charge is -2.23. The predicted molar refractivity (Wildman–Crippen MR) is 70.3 cm³/mol. The van der Waals surface area contributed by atoms with E-state index in [0.717, 1.165) is 12.1 Å². The molecule has 1 aliphatic heterocycles. The molecule has 0 N–H and O–H groups in total. The fourth-order valence-corrected chi connectivity index (χ4v) is 2.70. The number of hydrogen-bond donors (Lipinski definition) is 0. The van der Waals surface area contributed by atoms with Gasteiger partial charge in [0.15, 0.2) is 0 Å². The molecular formula is C16H12F4O2. The number of hydrogen-bond acceptors (Lipinski definition) is 2. The average Bonchev–Trinajstić information content (AvgIpc) is 2.74. The van der Waals surface area contributed by atoms with Crippen LogP contribution in [-0.2, 0) is 9.53 Å². The van der Waals surface area contributed by atoms with Gasteiger partial charge in [-0.3, -0.25) is 0 Å². The predicted octanol–water partition coefficient (Wildman–Crippen LogP) is 4.17. The molecule has 0 spiro atoms. The Morgan fingerprint density at radius 1 is 1.36 bits per heavy atom. The van der Waals surface area contributed by atoms with E-state index in [-0.39, 0.29) is 11.1 Å². The Balaban J connectivity index is 2.04. The Morgan fingerprint density at radius 3 is 2.73 bits per heavy atom. The Labute approximate surface area is 125 Å². The van der Waals surface area contributed by atoms with Gasteiger partial charge >= 0.3 is 12.1 Å². The zero-order chi connectivity index (χ0) is 17.0. The molecule has 1 aromatic rings. The van der Waals surface area contributed by atoms with E-state index < -0.39 is 36.4 Å². The average molecular weight is 313 g/mol. The number of esters is 1. The van der Waals surface area contributed by atoms with Crippen molar-refractivity contribution in [2.45, 2.75) is 25.6 Å². The van der Waals surface area contributed by atoms with Crippen molar-refractivity contribution in [2.24, 2.45) is 5.89 Å². The van der Waals surface area contributed by atoms with Crippen LogP contribution in [0.1, 0.15) is 25.0 Å². The van der Waals surface area contributed by atoms with Crippen molar-refractivity contribution in [3.8, 4) is 0 Å². The summed E-state index contributed by atoms with van der Waals surface area (Å²) in [7, 11) is 0. The first-order valence-electron chi connectivity index (χ1n) is 7.08. The number of benzene rings is 1. The highest BCUT2D eigenvalue weighted by atomic mass is 19.4. The molecule has 22 heavy (non-hydrogen) atoms. The number of rotatable bonds is 1. The van der Waals surface area contributed by atoms with Gasteiger partial charge in [-0.2, -0.15) is 13.2 Å². The van der Waals surface area contributed by atoms with Crippen LogP contribution in [0.15, 0.2) is 41.5 Å². The number of allylic oxidation sites excluding steroid dienone is 1. The van der Waals surface area contributed by atoms with Crippen LogP contribution >= 0.6 is 0 Å². The molecule has 3 rings (SSSR count). The van der Waals surface area contributed by atoms with E-state index in [9.17, 15) is 22.4 Å². The lowest BCUT2D eigenvalue weighted by atomic mass is 9.85. The van der Waals surface area contributed by atoms with Crippen LogP contribution in [0.4, 0.5) is 17.6 Å². The quantitative estimate of drug-likeness (QED) is 0.574. The fourth-order valence-electron chi connectivity index (χ4n) is 2.70. The van der Waals surface area contributed by atoms with Crippen molar-refractivity contribution < 1.29 is 28.5 Å². The first kappa shape index (κ1) is 13.5. The van der Waals surface area contributed by atoms with Gasteiger partial charge in [0.25, 0.3) is 0 Å². The van der Waals surface area contributed by atoms with E-state index in [1.165, 1.54) is 12.1 Å². The third kappa shape index (κ3) is 2.42. The summed E-state index contributed by atoms with van der Waals surface area (Å²) in [6.07, 6.45) is -4.80. The highest BCUT2D eigenvalue weighted by Crippen LogP contribution is 2.46. The first-order valence-corrected chi connectivity index (χ1v) is 6.58. The third-order valence-corrected chi connectivity index (χ3v) is 3.82. The minimum absolute atomic E-state index is 0.0471. The van der Waals surface area contributed by atoms with Gasteiger partial charge in [0.05, 0.1) is 11.5 Å². The van der Waals surface area contributed by atoms with E-state index in [4.69, 9.17) is 6.11 Å². The Morgan fingerprint density at radius 2 is 2.09 bits per heavy atom. The Hall–Kier alpha value is -2.11. The van der Waals surface area contributed by atoms with Crippen LogP contribution in [0.3, 0.4) is 0 Å². The van der Waals surface area contributed by atoms with Crippen molar-refractivity contribution in [2.75, 3.05) is 0 Å². The molecule has 116 valence electrons. The summed E-state index contributed by atoms with van der Waals surface area (Å²) in [5, 5.41) is 0. The number of aryl methyl sites for hydroxylation is 1. The molecule has 1 aromatic carbocycles. The molecule has 2 atom stereocenters. The maximum atomic E-state index is 13.2. The molecule has 0 radical (unpaired) electrons. The summed E-state index contributed by atoms with van der Waals surface area (Å²) in [4.78, 5) is 11.9. The van der Waals surface area contributed by atoms with E-state index in [1.807, 2.05) is 0 Å². The zero-order valence-electron chi connectivity index (χ0n) is 12.5. The van der Waals surface area contributed by atoms with Gasteiger partial charge in [-0.05, 0) is 42.2 Å². The molecule has 1 heterocycles. The van der Waals surface area contributed by atoms with Gasteiger partial charge in [-0.25, -0.2) is 9.18 Å². The summed E-state index contributed by atoms with van der Waals surface area (Å²) in [6, 6.07) is 3.76. The summed E-state index contributed by atoms with van der Waals surface area (Å²) in [6.45, 7) is 1.58. The van der Waals surface area contributed by atoms with Crippen LogP contribution in [0.25, 0.3) is 0 Å². The number of ether oxygens (including phenoxy) is 1. The molecule has 1 aliphatic carbocycles. The summed E-state index contributed by atoms with van der Waals surface area (Å²) in [5.74, 6) is -4.01. The van der Waals surface area contributed by atoms with Crippen molar-refractivity contribution in [3.05, 3.63) is 58.4 Å². The second-order valence-electron chi connectivity index (χ2n) is 5.26. The highest BCUT2D eigenvalue weighted by Gasteiger charge is 2.45. The minimum atomic E-state index is -4.77. The Bertz CT molecular complexity index is 751. The lowest BCUT2D eigenvalue weighted by Crippen LogP contribution is -2.24. The molecule has 0 bridgehead atoms. The summed E-state index contributed by atoms with van der Waals surface area (Å²) < 4.78 is 65.4. The SMILES string of the molecule is [2H]C1(C(F)(F)F)C=CC2=C(C1)C(c1ccc(F)cc1C)OC2=O. The summed E-state index contributed by atoms with van der Waals surface area (Å²) in [5.41, 5.74) is 1.05. The van der Waals surface area contributed by atoms with Gasteiger partial charge in [0.1, 0.15) is 11.9 Å². The van der Waals surface area contributed by atoms with Crippen LogP contribution in [0.5, 0.6) is 0 Å². The van der Waals surface area contributed by atoms with Gasteiger partial charge in [-0.15, -0.1) is 0 Å². The fraction of sp³-hybridized carbons (Fsp3) is 0.312. The molecule has 0 saturated heterocycles. The molecule has 0 aromatic heterocycles. The lowest BCUT2D eigenvalue weighted by molar-refractivity contribution is -0.161. The second kappa shape index (κ2) is 4.97. The second-order valence-corrected chi connectivity index (χ2v) is 5.26. The number of cyclic esters (lactones) is 1. The monoisotopic (exact) mass is 313 g/mol. The van der Waals surface area contributed by atoms with Crippen LogP contribution in [-0.4, -0.2) is 12.1 Å². The largest absolute Gasteiger partial charge is 0.449 e. The Kier molecular flexibility index (Phi) is 3.06. The maximum Gasteiger partial charge on any atom is 0.395 e. The van der Waals surface area contributed by atoms with Crippen LogP contribution < -0.4 is 0 Å². The van der Waals surface area contributed by atoms with Crippen LogP contribution in [0, 0.1) is 18.6 Å². The smallest absolute Gasteiger partial charge is 0.395 e. The minimum Gasteiger partial charge on any atom is -0.449 e. The van der Waals surface area contributed by atoms with Crippen molar-refractivity contribution in [1.29, 1.82) is 0 Å². The van der Waals surface area contributed by atoms with Gasteiger partial charge in [0.2, 0.25) is 0 Å². The molecule has 2 unspecified atom stereocenters. The number of alkyl halides is 3. The van der Waals surface area contributed by atoms with E-state index in [1.54, 1.807) is 6.92 Å². The van der Waals surface area contributed by atoms with Crippen molar-refractivity contribution in [3.63, 3.8) is 0 Å². The van der Waals surface area contributed by atoms with Crippen LogP contribution in [0.2, 0.25) is 0 Å². The highest BCUT2D eigenvalue weighted by molar-refractivity contribution is 5.95. The molecule has 0 amide bonds. The molecule has 2 aliphatic rings. The maximum absolute atomic E-state index is 13.2. The van der Waals surface area contributed by atoms with Crippen molar-refractivity contribution in [1.82, 2.24) is 0 Å². The van der Waals surface area contributed by atoms with E-state index >= 15 is 0 Å². The topological polar surface area (TPSA) is 26.3 Å². The third-order valence-electron chi connectivity index (χ3n) is 3.82. The van der Waals surface area contributed by atoms with Crippen molar-refractivity contribution >= 4 is 5.97 Å².